The second-order valence-electron chi connectivity index (χ2n) is 10.8. The molecule has 0 saturated heterocycles. The van der Waals surface area contributed by atoms with Gasteiger partial charge in [0.15, 0.2) is 23.0 Å². The van der Waals surface area contributed by atoms with E-state index < -0.39 is 52.9 Å². The van der Waals surface area contributed by atoms with E-state index in [2.05, 4.69) is 13.8 Å². The summed E-state index contributed by atoms with van der Waals surface area (Å²) in [5.74, 6) is -4.30. The maximum absolute atomic E-state index is 13.6. The lowest BCUT2D eigenvalue weighted by atomic mass is 9.66. The Balaban J connectivity index is 6.18. The molecule has 0 saturated carbocycles. The molecule has 200 valence electrons. The average Bonchev–Trinajstić information content (AvgIpc) is 2.81. The Labute approximate surface area is 207 Å². The standard InChI is InChI=1S/C28H52O6/c1-8-10-12-16-22(6)25(31)28(34,26(32)23(7)17-13-11-9-2)27(33,19-29)24(30)21(5)18-14-15-20(3)4/h20-23,29,33-34H,8-19H2,1-7H3. The average molecular weight is 485 g/mol. The van der Waals surface area contributed by atoms with Crippen molar-refractivity contribution < 1.29 is 29.7 Å². The Morgan fingerprint density at radius 3 is 1.35 bits per heavy atom. The van der Waals surface area contributed by atoms with Gasteiger partial charge < -0.3 is 15.3 Å². The third-order valence-corrected chi connectivity index (χ3v) is 7.19. The van der Waals surface area contributed by atoms with Crippen molar-refractivity contribution in [2.75, 3.05) is 6.61 Å². The lowest BCUT2D eigenvalue weighted by molar-refractivity contribution is -0.199. The van der Waals surface area contributed by atoms with Gasteiger partial charge in [0.1, 0.15) is 0 Å². The monoisotopic (exact) mass is 484 g/mol. The summed E-state index contributed by atoms with van der Waals surface area (Å²) in [5.41, 5.74) is -5.83. The molecule has 6 nitrogen and oxygen atoms in total. The van der Waals surface area contributed by atoms with Gasteiger partial charge in [-0.25, -0.2) is 0 Å². The predicted octanol–water partition coefficient (Wildman–Crippen LogP) is 5.04. The molecule has 0 bridgehead atoms. The minimum absolute atomic E-state index is 0.437. The number of carbonyl (C=O) groups excluding carboxylic acids is 3. The molecule has 0 aliphatic carbocycles. The van der Waals surface area contributed by atoms with E-state index in [1.807, 2.05) is 13.8 Å². The Bertz CT molecular complexity index is 600. The summed E-state index contributed by atoms with van der Waals surface area (Å²) in [4.78, 5) is 40.6. The lowest BCUT2D eigenvalue weighted by Crippen LogP contribution is -2.72. The number of hydrogen-bond acceptors (Lipinski definition) is 6. The zero-order valence-corrected chi connectivity index (χ0v) is 22.9. The van der Waals surface area contributed by atoms with E-state index >= 15 is 0 Å². The summed E-state index contributed by atoms with van der Waals surface area (Å²) in [7, 11) is 0. The zero-order valence-electron chi connectivity index (χ0n) is 22.9. The first-order valence-corrected chi connectivity index (χ1v) is 13.5. The van der Waals surface area contributed by atoms with Crippen molar-refractivity contribution in [3.05, 3.63) is 0 Å². The zero-order chi connectivity index (χ0) is 26.5. The van der Waals surface area contributed by atoms with Crippen LogP contribution in [0.25, 0.3) is 0 Å². The fraction of sp³-hybridized carbons (Fsp3) is 0.893. The Morgan fingerprint density at radius 1 is 0.618 bits per heavy atom. The molecular weight excluding hydrogens is 432 g/mol. The summed E-state index contributed by atoms with van der Waals surface area (Å²) >= 11 is 0. The fourth-order valence-corrected chi connectivity index (χ4v) is 4.65. The first kappa shape index (κ1) is 32.9. The normalized spacial score (nSPS) is 18.1. The highest BCUT2D eigenvalue weighted by atomic mass is 16.4. The van der Waals surface area contributed by atoms with E-state index in [1.165, 1.54) is 0 Å². The molecule has 3 N–H and O–H groups in total. The molecule has 0 amide bonds. The van der Waals surface area contributed by atoms with Crippen molar-refractivity contribution >= 4 is 17.3 Å². The molecule has 6 heteroatoms. The molecule has 0 aliphatic heterocycles. The van der Waals surface area contributed by atoms with Gasteiger partial charge in [-0.05, 0) is 25.2 Å². The minimum atomic E-state index is -2.97. The molecule has 0 spiro atoms. The summed E-state index contributed by atoms with van der Waals surface area (Å²) < 4.78 is 0. The third kappa shape index (κ3) is 8.53. The number of unbranched alkanes of at least 4 members (excludes halogenated alkanes) is 4. The van der Waals surface area contributed by atoms with Crippen LogP contribution < -0.4 is 0 Å². The number of hydrogen-bond donors (Lipinski definition) is 3. The quantitative estimate of drug-likeness (QED) is 0.165. The van der Waals surface area contributed by atoms with E-state index in [9.17, 15) is 29.7 Å². The van der Waals surface area contributed by atoms with Gasteiger partial charge in [-0.2, -0.15) is 0 Å². The lowest BCUT2D eigenvalue weighted by Gasteiger charge is -2.42. The maximum atomic E-state index is 13.6. The third-order valence-electron chi connectivity index (χ3n) is 7.19. The molecule has 0 aliphatic rings. The molecule has 0 aromatic carbocycles. The van der Waals surface area contributed by atoms with Gasteiger partial charge in [-0.1, -0.05) is 99.8 Å². The van der Waals surface area contributed by atoms with Crippen molar-refractivity contribution in [3.63, 3.8) is 0 Å². The van der Waals surface area contributed by atoms with Gasteiger partial charge >= 0.3 is 0 Å². The molecule has 34 heavy (non-hydrogen) atoms. The summed E-state index contributed by atoms with van der Waals surface area (Å²) in [6, 6.07) is 0. The highest BCUT2D eigenvalue weighted by Gasteiger charge is 2.64. The highest BCUT2D eigenvalue weighted by molar-refractivity contribution is 6.17. The van der Waals surface area contributed by atoms with Crippen LogP contribution in [0.15, 0.2) is 0 Å². The van der Waals surface area contributed by atoms with E-state index in [0.717, 1.165) is 51.4 Å². The van der Waals surface area contributed by atoms with Crippen LogP contribution in [0.2, 0.25) is 0 Å². The largest absolute Gasteiger partial charge is 0.393 e. The number of Topliss-reactive ketones (excluding diaryl/α,β-unsaturated/α-hetero) is 3. The van der Waals surface area contributed by atoms with Gasteiger partial charge in [-0.15, -0.1) is 0 Å². The number of rotatable bonds is 20. The number of carbonyl (C=O) groups is 3. The van der Waals surface area contributed by atoms with E-state index in [0.29, 0.717) is 25.2 Å². The SMILES string of the molecule is CCCCCC(C)C(=O)C(O)(C(=O)C(C)CCCCC)C(O)(CO)C(=O)C(C)CCCC(C)C. The number of ketones is 3. The first-order valence-electron chi connectivity index (χ1n) is 13.5. The van der Waals surface area contributed by atoms with Crippen LogP contribution in [-0.4, -0.2) is 50.5 Å². The molecule has 0 fully saturated rings. The van der Waals surface area contributed by atoms with Crippen LogP contribution in [0.5, 0.6) is 0 Å². The first-order chi connectivity index (χ1) is 15.8. The van der Waals surface area contributed by atoms with Crippen LogP contribution in [0.4, 0.5) is 0 Å². The van der Waals surface area contributed by atoms with Gasteiger partial charge in [0.2, 0.25) is 5.60 Å². The van der Waals surface area contributed by atoms with Crippen LogP contribution in [0, 0.1) is 23.7 Å². The second kappa shape index (κ2) is 15.8. The van der Waals surface area contributed by atoms with Gasteiger partial charge in [0.05, 0.1) is 6.61 Å². The Hall–Kier alpha value is -1.11. The molecular formula is C28H52O6. The highest BCUT2D eigenvalue weighted by Crippen LogP contribution is 2.36. The van der Waals surface area contributed by atoms with E-state index in [4.69, 9.17) is 0 Å². The van der Waals surface area contributed by atoms with Crippen molar-refractivity contribution in [2.45, 2.75) is 130 Å². The van der Waals surface area contributed by atoms with E-state index in [-0.39, 0.29) is 0 Å². The summed E-state index contributed by atoms with van der Waals surface area (Å²) in [6.07, 6.45) is 8.09. The number of aliphatic hydroxyl groups is 3. The fourth-order valence-electron chi connectivity index (χ4n) is 4.65. The maximum Gasteiger partial charge on any atom is 0.220 e. The molecule has 4 atom stereocenters. The number of aliphatic hydroxyl groups excluding tert-OH is 1. The van der Waals surface area contributed by atoms with Crippen molar-refractivity contribution in [2.24, 2.45) is 23.7 Å². The topological polar surface area (TPSA) is 112 Å². The van der Waals surface area contributed by atoms with Crippen LogP contribution >= 0.6 is 0 Å². The van der Waals surface area contributed by atoms with Crippen molar-refractivity contribution in [1.82, 2.24) is 0 Å². The van der Waals surface area contributed by atoms with Crippen molar-refractivity contribution in [3.8, 4) is 0 Å². The molecule has 0 aromatic heterocycles. The summed E-state index contributed by atoms with van der Waals surface area (Å²) in [6.45, 7) is 11.9. The van der Waals surface area contributed by atoms with Crippen LogP contribution in [0.1, 0.15) is 119 Å². The Morgan fingerprint density at radius 2 is 1.00 bits per heavy atom. The molecule has 0 rings (SSSR count). The van der Waals surface area contributed by atoms with Gasteiger partial charge in [0, 0.05) is 17.8 Å². The Kier molecular flexibility index (Phi) is 15.3. The molecule has 4 unspecified atom stereocenters. The minimum Gasteiger partial charge on any atom is -0.393 e. The molecule has 0 radical (unpaired) electrons. The predicted molar refractivity (Wildman–Crippen MR) is 136 cm³/mol. The van der Waals surface area contributed by atoms with Gasteiger partial charge in [-0.3, -0.25) is 14.4 Å². The summed E-state index contributed by atoms with van der Waals surface area (Å²) in [5, 5.41) is 33.4. The van der Waals surface area contributed by atoms with Gasteiger partial charge in [0.25, 0.3) is 0 Å². The second-order valence-corrected chi connectivity index (χ2v) is 10.8. The van der Waals surface area contributed by atoms with E-state index in [1.54, 1.807) is 20.8 Å². The van der Waals surface area contributed by atoms with Crippen LogP contribution in [-0.2, 0) is 14.4 Å². The molecule has 0 heterocycles. The smallest absolute Gasteiger partial charge is 0.220 e. The van der Waals surface area contributed by atoms with Crippen LogP contribution in [0.3, 0.4) is 0 Å². The molecule has 0 aromatic rings. The van der Waals surface area contributed by atoms with Crippen molar-refractivity contribution in [1.29, 1.82) is 0 Å².